The number of carbonyl (C=O) groups excluding carboxylic acids is 1. The summed E-state index contributed by atoms with van der Waals surface area (Å²) in [6.07, 6.45) is 1.54. The highest BCUT2D eigenvalue weighted by Crippen LogP contribution is 2.31. The van der Waals surface area contributed by atoms with Gasteiger partial charge < -0.3 is 11.1 Å². The van der Waals surface area contributed by atoms with E-state index in [1.54, 1.807) is 12.3 Å². The van der Waals surface area contributed by atoms with Crippen LogP contribution in [0.1, 0.15) is 10.4 Å². The lowest BCUT2D eigenvalue weighted by atomic mass is 10.2. The lowest BCUT2D eigenvalue weighted by Gasteiger charge is -2.10. The van der Waals surface area contributed by atoms with Gasteiger partial charge in [-0.05, 0) is 66.0 Å². The van der Waals surface area contributed by atoms with Crippen LogP contribution in [0.3, 0.4) is 0 Å². The Morgan fingerprint density at radius 2 is 1.84 bits per heavy atom. The van der Waals surface area contributed by atoms with E-state index in [4.69, 9.17) is 5.73 Å². The minimum Gasteiger partial charge on any atom is -0.383 e. The van der Waals surface area contributed by atoms with Crippen LogP contribution in [0.5, 0.6) is 0 Å². The van der Waals surface area contributed by atoms with E-state index in [0.29, 0.717) is 15.7 Å². The highest BCUT2D eigenvalue weighted by molar-refractivity contribution is 9.11. The topological polar surface area (TPSA) is 68.0 Å². The minimum absolute atomic E-state index is 0.184. The molecule has 7 heteroatoms. The summed E-state index contributed by atoms with van der Waals surface area (Å²) in [5.74, 6) is -0.136. The molecule has 0 spiro atoms. The second kappa shape index (κ2) is 6.02. The van der Waals surface area contributed by atoms with Crippen molar-refractivity contribution in [3.63, 3.8) is 0 Å². The van der Waals surface area contributed by atoms with E-state index in [0.717, 1.165) is 8.95 Å². The summed E-state index contributed by atoms with van der Waals surface area (Å²) < 4.78 is 2.24. The molecule has 0 atom stereocenters. The van der Waals surface area contributed by atoms with Gasteiger partial charge in [0.25, 0.3) is 5.91 Å². The number of aromatic nitrogens is 1. The maximum atomic E-state index is 12.2. The Kier molecular flexibility index (Phi) is 4.59. The summed E-state index contributed by atoms with van der Waals surface area (Å²) in [5.41, 5.74) is 6.67. The Bertz CT molecular complexity index is 626. The van der Waals surface area contributed by atoms with Crippen molar-refractivity contribution >= 4 is 65.2 Å². The van der Waals surface area contributed by atoms with Gasteiger partial charge >= 0.3 is 0 Å². The Morgan fingerprint density at radius 1 is 1.21 bits per heavy atom. The molecule has 19 heavy (non-hydrogen) atoms. The van der Waals surface area contributed by atoms with E-state index < -0.39 is 0 Å². The first-order valence-electron chi connectivity index (χ1n) is 5.15. The van der Waals surface area contributed by atoms with Gasteiger partial charge in [0, 0.05) is 19.6 Å². The summed E-state index contributed by atoms with van der Waals surface area (Å²) in [5, 5.41) is 2.79. The Morgan fingerprint density at radius 3 is 2.47 bits per heavy atom. The molecule has 0 bridgehead atoms. The van der Waals surface area contributed by atoms with Crippen molar-refractivity contribution in [2.24, 2.45) is 0 Å². The lowest BCUT2D eigenvalue weighted by Crippen LogP contribution is -2.15. The van der Waals surface area contributed by atoms with E-state index in [-0.39, 0.29) is 11.7 Å². The Hall–Kier alpha value is -0.920. The first-order chi connectivity index (χ1) is 8.99. The zero-order valence-electron chi connectivity index (χ0n) is 9.45. The third-order valence-corrected chi connectivity index (χ3v) is 4.09. The molecule has 1 aromatic heterocycles. The van der Waals surface area contributed by atoms with Crippen LogP contribution < -0.4 is 11.1 Å². The fraction of sp³-hybridized carbons (Fsp3) is 0. The lowest BCUT2D eigenvalue weighted by molar-refractivity contribution is 0.102. The monoisotopic (exact) mass is 447 g/mol. The molecule has 1 amide bonds. The zero-order valence-corrected chi connectivity index (χ0v) is 14.2. The van der Waals surface area contributed by atoms with Gasteiger partial charge in [0.1, 0.15) is 5.82 Å². The molecule has 1 heterocycles. The van der Waals surface area contributed by atoms with Crippen molar-refractivity contribution in [3.05, 3.63) is 49.4 Å². The zero-order chi connectivity index (χ0) is 14.0. The molecule has 2 rings (SSSR count). The van der Waals surface area contributed by atoms with Crippen LogP contribution >= 0.6 is 47.8 Å². The molecular formula is C12H8Br3N3O. The standard InChI is InChI=1S/C12H8Br3N3O/c13-6-4-7(11(16)17-5-6)12(19)18-10-8(14)2-1-3-9(10)15/h1-5H,(H2,16,17)(H,18,19). The number of anilines is 2. The number of para-hydroxylation sites is 1. The van der Waals surface area contributed by atoms with Gasteiger partial charge in [-0.1, -0.05) is 6.07 Å². The van der Waals surface area contributed by atoms with Gasteiger partial charge in [-0.2, -0.15) is 0 Å². The van der Waals surface area contributed by atoms with Crippen molar-refractivity contribution in [2.75, 3.05) is 11.1 Å². The number of nitrogens with zero attached hydrogens (tertiary/aromatic N) is 1. The van der Waals surface area contributed by atoms with Gasteiger partial charge in [0.15, 0.2) is 0 Å². The van der Waals surface area contributed by atoms with Gasteiger partial charge in [-0.15, -0.1) is 0 Å². The smallest absolute Gasteiger partial charge is 0.259 e. The number of pyridine rings is 1. The number of nitrogens with two attached hydrogens (primary N) is 1. The van der Waals surface area contributed by atoms with Crippen LogP contribution in [-0.4, -0.2) is 10.9 Å². The number of benzene rings is 1. The summed E-state index contributed by atoms with van der Waals surface area (Å²) in [6, 6.07) is 7.16. The second-order valence-corrected chi connectivity index (χ2v) is 6.26. The first-order valence-corrected chi connectivity index (χ1v) is 7.53. The Balaban J connectivity index is 2.34. The van der Waals surface area contributed by atoms with E-state index in [9.17, 15) is 4.79 Å². The average Bonchev–Trinajstić information content (AvgIpc) is 2.37. The maximum absolute atomic E-state index is 12.2. The number of halogens is 3. The molecule has 2 aromatic rings. The van der Waals surface area contributed by atoms with Crippen LogP contribution in [0.15, 0.2) is 43.9 Å². The molecule has 0 aliphatic carbocycles. The highest BCUT2D eigenvalue weighted by atomic mass is 79.9. The quantitative estimate of drug-likeness (QED) is 0.721. The normalized spacial score (nSPS) is 10.3. The number of nitrogens with one attached hydrogen (secondary N) is 1. The van der Waals surface area contributed by atoms with Crippen LogP contribution in [0.25, 0.3) is 0 Å². The van der Waals surface area contributed by atoms with E-state index >= 15 is 0 Å². The molecule has 0 saturated carbocycles. The molecule has 0 fully saturated rings. The molecule has 0 aliphatic rings. The average molecular weight is 450 g/mol. The first kappa shape index (κ1) is 14.5. The molecule has 98 valence electrons. The largest absolute Gasteiger partial charge is 0.383 e. The molecule has 3 N–H and O–H groups in total. The fourth-order valence-electron chi connectivity index (χ4n) is 1.43. The summed E-state index contributed by atoms with van der Waals surface area (Å²) in [6.45, 7) is 0. The number of amides is 1. The van der Waals surface area contributed by atoms with Gasteiger partial charge in [0.2, 0.25) is 0 Å². The molecule has 0 saturated heterocycles. The predicted molar refractivity (Wildman–Crippen MR) is 86.1 cm³/mol. The van der Waals surface area contributed by atoms with Crippen molar-refractivity contribution in [1.82, 2.24) is 4.98 Å². The molecule has 0 radical (unpaired) electrons. The number of carbonyl (C=O) groups is 1. The van der Waals surface area contributed by atoms with Crippen molar-refractivity contribution < 1.29 is 4.79 Å². The van der Waals surface area contributed by atoms with E-state index in [1.807, 2.05) is 18.2 Å². The summed E-state index contributed by atoms with van der Waals surface area (Å²) >= 11 is 10.0. The summed E-state index contributed by atoms with van der Waals surface area (Å²) in [7, 11) is 0. The Labute approximate surface area is 135 Å². The minimum atomic E-state index is -0.320. The van der Waals surface area contributed by atoms with E-state index in [2.05, 4.69) is 58.1 Å². The third-order valence-electron chi connectivity index (χ3n) is 2.33. The van der Waals surface area contributed by atoms with Crippen LogP contribution in [0.4, 0.5) is 11.5 Å². The summed E-state index contributed by atoms with van der Waals surface area (Å²) in [4.78, 5) is 16.1. The van der Waals surface area contributed by atoms with Crippen LogP contribution in [0.2, 0.25) is 0 Å². The van der Waals surface area contributed by atoms with Gasteiger partial charge in [0.05, 0.1) is 11.3 Å². The van der Waals surface area contributed by atoms with Crippen LogP contribution in [-0.2, 0) is 0 Å². The number of hydrogen-bond donors (Lipinski definition) is 2. The number of nitrogen functional groups attached to an aromatic ring is 1. The molecule has 1 aromatic carbocycles. The molecule has 4 nitrogen and oxygen atoms in total. The van der Waals surface area contributed by atoms with E-state index in [1.165, 1.54) is 0 Å². The number of hydrogen-bond acceptors (Lipinski definition) is 3. The fourth-order valence-corrected chi connectivity index (χ4v) is 2.96. The molecular weight excluding hydrogens is 442 g/mol. The van der Waals surface area contributed by atoms with Gasteiger partial charge in [-0.3, -0.25) is 4.79 Å². The predicted octanol–water partition coefficient (Wildman–Crippen LogP) is 4.20. The third kappa shape index (κ3) is 3.34. The molecule has 0 aliphatic heterocycles. The van der Waals surface area contributed by atoms with Crippen LogP contribution in [0, 0.1) is 0 Å². The highest BCUT2D eigenvalue weighted by Gasteiger charge is 2.14. The van der Waals surface area contributed by atoms with Crippen molar-refractivity contribution in [2.45, 2.75) is 0 Å². The van der Waals surface area contributed by atoms with Gasteiger partial charge in [-0.25, -0.2) is 4.98 Å². The number of rotatable bonds is 2. The molecule has 0 unspecified atom stereocenters. The van der Waals surface area contributed by atoms with Crippen molar-refractivity contribution in [1.29, 1.82) is 0 Å². The van der Waals surface area contributed by atoms with Crippen molar-refractivity contribution in [3.8, 4) is 0 Å². The second-order valence-electron chi connectivity index (χ2n) is 3.64. The SMILES string of the molecule is Nc1ncc(Br)cc1C(=O)Nc1c(Br)cccc1Br. The maximum Gasteiger partial charge on any atom is 0.259 e.